The van der Waals surface area contributed by atoms with Gasteiger partial charge < -0.3 is 16.1 Å². The Morgan fingerprint density at radius 1 is 1.28 bits per heavy atom. The Balaban J connectivity index is 2.21. The fraction of sp³-hybridized carbons (Fsp3) is 0.208. The lowest BCUT2D eigenvalue weighted by Gasteiger charge is -2.14. The average Bonchev–Trinajstić information content (AvgIpc) is 3.28. The van der Waals surface area contributed by atoms with Crippen LogP contribution < -0.4 is 11.2 Å². The lowest BCUT2D eigenvalue weighted by atomic mass is 9.92. The molecule has 0 aliphatic rings. The average molecular weight is 544 g/mol. The van der Waals surface area contributed by atoms with Gasteiger partial charge in [-0.2, -0.15) is 23.5 Å². The third-order valence-electron chi connectivity index (χ3n) is 5.39. The first-order chi connectivity index (χ1) is 18.5. The molecule has 15 heteroatoms. The van der Waals surface area contributed by atoms with E-state index >= 15 is 0 Å². The van der Waals surface area contributed by atoms with Gasteiger partial charge in [0.05, 0.1) is 23.2 Å². The monoisotopic (exact) mass is 544 g/mol. The Kier molecular flexibility index (Phi) is 8.81. The van der Waals surface area contributed by atoms with Crippen LogP contribution >= 0.6 is 0 Å². The summed E-state index contributed by atoms with van der Waals surface area (Å²) < 4.78 is 66.8. The van der Waals surface area contributed by atoms with Crippen LogP contribution in [0.25, 0.3) is 11.1 Å². The van der Waals surface area contributed by atoms with E-state index in [1.54, 1.807) is 6.92 Å². The Bertz CT molecular complexity index is 1480. The minimum Gasteiger partial charge on any atom is -0.382 e. The van der Waals surface area contributed by atoms with Gasteiger partial charge in [0.1, 0.15) is 35.6 Å². The number of amidine groups is 1. The molecule has 0 amide bonds. The molecule has 2 aromatic heterocycles. The van der Waals surface area contributed by atoms with Crippen molar-refractivity contribution in [2.75, 3.05) is 7.05 Å². The molecule has 3 rings (SSSR count). The molecule has 1 aromatic carbocycles. The number of hydrogen-bond donors (Lipinski definition) is 4. The molecular weight excluding hydrogens is 523 g/mol. The Morgan fingerprint density at radius 3 is 2.54 bits per heavy atom. The second kappa shape index (κ2) is 12.0. The minimum atomic E-state index is -4.78. The number of nitriles is 1. The normalized spacial score (nSPS) is 13.4. The predicted molar refractivity (Wildman–Crippen MR) is 135 cm³/mol. The van der Waals surface area contributed by atoms with E-state index in [4.69, 9.17) is 11.1 Å². The van der Waals surface area contributed by atoms with Gasteiger partial charge in [-0.3, -0.25) is 10.4 Å². The van der Waals surface area contributed by atoms with Crippen LogP contribution in [0.4, 0.5) is 27.6 Å². The van der Waals surface area contributed by atoms with Gasteiger partial charge in [0, 0.05) is 48.2 Å². The number of hydrogen-bond acceptors (Lipinski definition) is 7. The number of benzene rings is 1. The van der Waals surface area contributed by atoms with E-state index in [2.05, 4.69) is 35.5 Å². The lowest BCUT2D eigenvalue weighted by Crippen LogP contribution is -2.19. The molecule has 202 valence electrons. The van der Waals surface area contributed by atoms with Gasteiger partial charge in [-0.05, 0) is 18.6 Å². The van der Waals surface area contributed by atoms with Crippen molar-refractivity contribution in [2.24, 2.45) is 20.8 Å². The maximum atomic E-state index is 14.1. The smallest absolute Gasteiger partial charge is 0.382 e. The van der Waals surface area contributed by atoms with Crippen molar-refractivity contribution >= 4 is 29.8 Å². The summed E-state index contributed by atoms with van der Waals surface area (Å²) in [6, 6.07) is 4.78. The second-order valence-corrected chi connectivity index (χ2v) is 7.79. The fourth-order valence-electron chi connectivity index (χ4n) is 3.72. The highest BCUT2D eigenvalue weighted by atomic mass is 19.4. The zero-order valence-corrected chi connectivity index (χ0v) is 20.5. The number of alkyl halides is 3. The summed E-state index contributed by atoms with van der Waals surface area (Å²) in [7, 11) is 1.49. The molecule has 1 atom stereocenters. The van der Waals surface area contributed by atoms with E-state index in [0.29, 0.717) is 12.8 Å². The molecule has 0 saturated carbocycles. The zero-order valence-electron chi connectivity index (χ0n) is 20.5. The highest BCUT2D eigenvalue weighted by molar-refractivity contribution is 6.33. The number of nitrogens with one attached hydrogen (secondary N) is 3. The number of aromatic nitrogens is 3. The van der Waals surface area contributed by atoms with Crippen molar-refractivity contribution in [3.63, 3.8) is 0 Å². The highest BCUT2D eigenvalue weighted by Gasteiger charge is 2.35. The van der Waals surface area contributed by atoms with Gasteiger partial charge >= 0.3 is 6.18 Å². The van der Waals surface area contributed by atoms with Crippen molar-refractivity contribution in [1.82, 2.24) is 20.4 Å². The summed E-state index contributed by atoms with van der Waals surface area (Å²) >= 11 is 0. The van der Waals surface area contributed by atoms with Gasteiger partial charge in [-0.25, -0.2) is 23.7 Å². The molecule has 0 aliphatic carbocycles. The van der Waals surface area contributed by atoms with Crippen LogP contribution in [-0.2, 0) is 6.18 Å². The molecule has 3 aromatic rings. The number of nitrogens with two attached hydrogens (primary N) is 1. The second-order valence-electron chi connectivity index (χ2n) is 7.79. The topological polar surface area (TPSA) is 164 Å². The lowest BCUT2D eigenvalue weighted by molar-refractivity contribution is -0.144. The maximum absolute atomic E-state index is 14.1. The van der Waals surface area contributed by atoms with Crippen molar-refractivity contribution in [2.45, 2.75) is 25.4 Å². The molecule has 5 N–H and O–H groups in total. The summed E-state index contributed by atoms with van der Waals surface area (Å²) in [6.45, 7) is 1.75. The Morgan fingerprint density at radius 2 is 1.97 bits per heavy atom. The minimum absolute atomic E-state index is 0.0256. The maximum Gasteiger partial charge on any atom is 0.451 e. The molecular formula is C24H21F5N10. The molecule has 0 radical (unpaired) electrons. The number of H-pyrrole nitrogens is 1. The van der Waals surface area contributed by atoms with E-state index in [-0.39, 0.29) is 45.3 Å². The number of aromatic amines is 1. The first-order valence-corrected chi connectivity index (χ1v) is 11.2. The number of rotatable bonds is 9. The fourth-order valence-corrected chi connectivity index (χ4v) is 3.72. The first kappa shape index (κ1) is 28.6. The van der Waals surface area contributed by atoms with Gasteiger partial charge in [-0.15, -0.1) is 0 Å². The molecule has 10 nitrogen and oxygen atoms in total. The summed E-state index contributed by atoms with van der Waals surface area (Å²) in [5, 5.41) is 21.5. The molecule has 0 bridgehead atoms. The molecule has 1 unspecified atom stereocenters. The van der Waals surface area contributed by atoms with Crippen molar-refractivity contribution < 1.29 is 22.0 Å². The third-order valence-corrected chi connectivity index (χ3v) is 5.39. The summed E-state index contributed by atoms with van der Waals surface area (Å²) in [6.07, 6.45) is -0.849. The first-order valence-electron chi connectivity index (χ1n) is 11.2. The highest BCUT2D eigenvalue weighted by Crippen LogP contribution is 2.35. The van der Waals surface area contributed by atoms with Gasteiger partial charge in [0.2, 0.25) is 5.82 Å². The van der Waals surface area contributed by atoms with Crippen molar-refractivity contribution in [1.29, 1.82) is 10.7 Å². The molecule has 0 saturated heterocycles. The van der Waals surface area contributed by atoms with Gasteiger partial charge in [0.15, 0.2) is 0 Å². The molecule has 39 heavy (non-hydrogen) atoms. The zero-order chi connectivity index (χ0) is 28.7. The van der Waals surface area contributed by atoms with E-state index in [1.807, 2.05) is 6.07 Å². The Hall–Kier alpha value is -5.00. The van der Waals surface area contributed by atoms with Crippen molar-refractivity contribution in [3.8, 4) is 17.2 Å². The molecule has 0 spiro atoms. The number of halogens is 5. The number of hydrazone groups is 1. The molecule has 0 fully saturated rings. The summed E-state index contributed by atoms with van der Waals surface area (Å²) in [5.41, 5.74) is 8.83. The van der Waals surface area contributed by atoms with Crippen LogP contribution in [0.15, 0.2) is 45.7 Å². The van der Waals surface area contributed by atoms with Crippen LogP contribution in [0, 0.1) is 28.4 Å². The number of aliphatic imine (C=N–C) groups is 2. The third kappa shape index (κ3) is 6.29. The van der Waals surface area contributed by atoms with Crippen LogP contribution in [0.1, 0.15) is 42.0 Å². The summed E-state index contributed by atoms with van der Waals surface area (Å²) in [4.78, 5) is 17.4. The summed E-state index contributed by atoms with van der Waals surface area (Å²) in [5.74, 6) is -3.81. The Labute approximate surface area is 218 Å². The predicted octanol–water partition coefficient (Wildman–Crippen LogP) is 4.42. The van der Waals surface area contributed by atoms with Gasteiger partial charge in [-0.1, -0.05) is 6.92 Å². The van der Waals surface area contributed by atoms with E-state index in [0.717, 1.165) is 30.6 Å². The van der Waals surface area contributed by atoms with Crippen LogP contribution in [0.3, 0.4) is 0 Å². The van der Waals surface area contributed by atoms with Crippen molar-refractivity contribution in [3.05, 3.63) is 65.0 Å². The van der Waals surface area contributed by atoms with E-state index in [9.17, 15) is 27.2 Å². The quantitative estimate of drug-likeness (QED) is 0.135. The van der Waals surface area contributed by atoms with Gasteiger partial charge in [0.25, 0.3) is 0 Å². The number of nitrogens with zero attached hydrogens (tertiary/aromatic N) is 6. The van der Waals surface area contributed by atoms with Crippen LogP contribution in [0.5, 0.6) is 0 Å². The standard InChI is InChI=1S/C24H21F5N10/c1-3-14(18(39-33-2)10-34-17-6-13(25)4-5-16(17)26)20-15(7-30)19(21(38-20)22(32)37-11-31)12-8-35-23(36-9-12)24(27,28)29/h4-6,8-11,14,33,38H,3H2,1-2H3,(H3,31,32,37). The van der Waals surface area contributed by atoms with Crippen LogP contribution in [0.2, 0.25) is 0 Å². The van der Waals surface area contributed by atoms with E-state index < -0.39 is 29.6 Å². The SMILES string of the molecule is CCC(C(C=Nc1cc(F)ccc1F)=NNC)c1[nH]c(C(N)=NC=N)c(-c2cnc(C(F)(F)F)nc2)c1C#N. The largest absolute Gasteiger partial charge is 0.451 e. The molecule has 2 heterocycles. The van der Waals surface area contributed by atoms with Crippen LogP contribution in [-0.4, -0.2) is 46.1 Å². The molecule has 0 aliphatic heterocycles. The van der Waals surface area contributed by atoms with E-state index in [1.165, 1.54) is 13.3 Å².